The summed E-state index contributed by atoms with van der Waals surface area (Å²) in [6.07, 6.45) is 4.08. The molecule has 2 nitrogen and oxygen atoms in total. The number of furan rings is 1. The number of nitrogens with one attached hydrogen (secondary N) is 1. The van der Waals surface area contributed by atoms with Gasteiger partial charge in [0.15, 0.2) is 0 Å². The smallest absolute Gasteiger partial charge is 0.106 e. The highest BCUT2D eigenvalue weighted by Gasteiger charge is 2.28. The molecule has 2 rings (SSSR count). The van der Waals surface area contributed by atoms with Gasteiger partial charge in [0.25, 0.3) is 0 Å². The molecule has 0 bridgehead atoms. The normalized spacial score (nSPS) is 18.1. The molecule has 1 aromatic rings. The van der Waals surface area contributed by atoms with Gasteiger partial charge in [0.1, 0.15) is 11.5 Å². The first kappa shape index (κ1) is 10.7. The fourth-order valence-electron chi connectivity index (χ4n) is 2.39. The quantitative estimate of drug-likeness (QED) is 0.819. The fraction of sp³-hybridized carbons (Fsp3) is 0.692. The summed E-state index contributed by atoms with van der Waals surface area (Å²) in [6.45, 7) is 6.29. The molecule has 2 heteroatoms. The van der Waals surface area contributed by atoms with Crippen LogP contribution in [0.15, 0.2) is 4.42 Å². The summed E-state index contributed by atoms with van der Waals surface area (Å²) in [5.74, 6) is 3.10. The van der Waals surface area contributed by atoms with Crippen LogP contribution in [0.2, 0.25) is 0 Å². The molecular formula is C13H21NO. The molecule has 0 aromatic carbocycles. The van der Waals surface area contributed by atoms with Gasteiger partial charge in [0.05, 0.1) is 0 Å². The van der Waals surface area contributed by atoms with Gasteiger partial charge in [0.2, 0.25) is 0 Å². The first-order valence-corrected chi connectivity index (χ1v) is 5.87. The van der Waals surface area contributed by atoms with Crippen molar-refractivity contribution >= 4 is 0 Å². The summed E-state index contributed by atoms with van der Waals surface area (Å²) in [6, 6.07) is 0.481. The van der Waals surface area contributed by atoms with Gasteiger partial charge in [-0.15, -0.1) is 0 Å². The zero-order chi connectivity index (χ0) is 11.0. The lowest BCUT2D eigenvalue weighted by Crippen LogP contribution is -2.18. The van der Waals surface area contributed by atoms with E-state index in [2.05, 4.69) is 26.1 Å². The van der Waals surface area contributed by atoms with Crippen LogP contribution in [0.3, 0.4) is 0 Å². The van der Waals surface area contributed by atoms with Gasteiger partial charge in [-0.1, -0.05) is 12.8 Å². The highest BCUT2D eigenvalue weighted by Crippen LogP contribution is 2.39. The number of aryl methyl sites for hydroxylation is 2. The summed E-state index contributed by atoms with van der Waals surface area (Å²) in [5, 5.41) is 3.42. The van der Waals surface area contributed by atoms with E-state index in [4.69, 9.17) is 4.42 Å². The lowest BCUT2D eigenvalue weighted by Gasteiger charge is -2.16. The van der Waals surface area contributed by atoms with E-state index in [9.17, 15) is 0 Å². The number of hydrogen-bond acceptors (Lipinski definition) is 2. The van der Waals surface area contributed by atoms with Crippen LogP contribution in [0.25, 0.3) is 0 Å². The van der Waals surface area contributed by atoms with E-state index in [0.717, 1.165) is 17.4 Å². The topological polar surface area (TPSA) is 25.2 Å². The van der Waals surface area contributed by atoms with Crippen LogP contribution in [-0.4, -0.2) is 7.05 Å². The summed E-state index contributed by atoms with van der Waals surface area (Å²) < 4.78 is 5.69. The molecule has 1 N–H and O–H groups in total. The third-order valence-electron chi connectivity index (χ3n) is 3.58. The maximum atomic E-state index is 5.69. The Labute approximate surface area is 92.1 Å². The van der Waals surface area contributed by atoms with Crippen molar-refractivity contribution in [3.63, 3.8) is 0 Å². The number of hydrogen-bond donors (Lipinski definition) is 1. The van der Waals surface area contributed by atoms with E-state index in [-0.39, 0.29) is 0 Å². The van der Waals surface area contributed by atoms with Gasteiger partial charge < -0.3 is 9.73 Å². The lowest BCUT2D eigenvalue weighted by molar-refractivity contribution is 0.474. The molecule has 0 aliphatic heterocycles. The van der Waals surface area contributed by atoms with Crippen LogP contribution in [0.4, 0.5) is 0 Å². The predicted octanol–water partition coefficient (Wildman–Crippen LogP) is 3.27. The van der Waals surface area contributed by atoms with Crippen LogP contribution in [0, 0.1) is 26.7 Å². The molecular weight excluding hydrogens is 186 g/mol. The van der Waals surface area contributed by atoms with Crippen molar-refractivity contribution in [3.05, 3.63) is 22.6 Å². The Morgan fingerprint density at radius 3 is 2.33 bits per heavy atom. The molecule has 1 unspecified atom stereocenters. The summed E-state index contributed by atoms with van der Waals surface area (Å²) in [4.78, 5) is 0. The molecule has 1 heterocycles. The van der Waals surface area contributed by atoms with Gasteiger partial charge in [-0.3, -0.25) is 0 Å². The average molecular weight is 207 g/mol. The van der Waals surface area contributed by atoms with Gasteiger partial charge in [-0.05, 0) is 45.7 Å². The van der Waals surface area contributed by atoms with Crippen molar-refractivity contribution in [2.24, 2.45) is 5.92 Å². The summed E-state index contributed by atoms with van der Waals surface area (Å²) in [7, 11) is 2.05. The van der Waals surface area contributed by atoms with Crippen molar-refractivity contribution in [1.82, 2.24) is 5.32 Å². The van der Waals surface area contributed by atoms with Gasteiger partial charge in [-0.25, -0.2) is 0 Å². The predicted molar refractivity (Wildman–Crippen MR) is 62.1 cm³/mol. The minimum atomic E-state index is 0.481. The van der Waals surface area contributed by atoms with Gasteiger partial charge >= 0.3 is 0 Å². The van der Waals surface area contributed by atoms with Crippen LogP contribution in [-0.2, 0) is 0 Å². The average Bonchev–Trinajstić information content (AvgIpc) is 2.96. The van der Waals surface area contributed by atoms with Crippen LogP contribution >= 0.6 is 0 Å². The second kappa shape index (κ2) is 4.01. The second-order valence-corrected chi connectivity index (χ2v) is 4.77. The highest BCUT2D eigenvalue weighted by atomic mass is 16.3. The van der Waals surface area contributed by atoms with Gasteiger partial charge in [0, 0.05) is 11.6 Å². The Balaban J connectivity index is 2.23. The molecule has 0 saturated heterocycles. The van der Waals surface area contributed by atoms with Crippen molar-refractivity contribution in [3.8, 4) is 0 Å². The minimum Gasteiger partial charge on any atom is -0.466 e. The Hall–Kier alpha value is -0.760. The fourth-order valence-corrected chi connectivity index (χ4v) is 2.39. The van der Waals surface area contributed by atoms with E-state index in [1.165, 1.54) is 30.4 Å². The molecule has 1 aliphatic rings. The van der Waals surface area contributed by atoms with Crippen molar-refractivity contribution < 1.29 is 4.42 Å². The zero-order valence-corrected chi connectivity index (χ0v) is 10.2. The molecule has 84 valence electrons. The molecule has 1 atom stereocenters. The van der Waals surface area contributed by atoms with Gasteiger partial charge in [-0.2, -0.15) is 0 Å². The lowest BCUT2D eigenvalue weighted by atomic mass is 9.97. The van der Waals surface area contributed by atoms with Crippen molar-refractivity contribution in [1.29, 1.82) is 0 Å². The Kier molecular flexibility index (Phi) is 2.87. The summed E-state index contributed by atoms with van der Waals surface area (Å²) >= 11 is 0. The summed E-state index contributed by atoms with van der Waals surface area (Å²) in [5.41, 5.74) is 2.72. The van der Waals surface area contributed by atoms with E-state index in [1.54, 1.807) is 0 Å². The van der Waals surface area contributed by atoms with E-state index in [1.807, 2.05) is 7.05 Å². The second-order valence-electron chi connectivity index (χ2n) is 4.77. The van der Waals surface area contributed by atoms with Crippen molar-refractivity contribution in [2.75, 3.05) is 7.05 Å². The Morgan fingerprint density at radius 1 is 1.27 bits per heavy atom. The molecule has 0 radical (unpaired) electrons. The zero-order valence-electron chi connectivity index (χ0n) is 10.2. The molecule has 0 spiro atoms. The van der Waals surface area contributed by atoms with E-state index < -0.39 is 0 Å². The van der Waals surface area contributed by atoms with Crippen LogP contribution in [0.1, 0.15) is 48.0 Å². The standard InChI is InChI=1S/C13H21NO/c1-8-9(2)15-10(3)13(8)12(14-4)7-11-5-6-11/h11-12,14H,5-7H2,1-4H3. The van der Waals surface area contributed by atoms with E-state index >= 15 is 0 Å². The van der Waals surface area contributed by atoms with Crippen molar-refractivity contribution in [2.45, 2.75) is 46.1 Å². The molecule has 1 saturated carbocycles. The Bertz CT molecular complexity index is 350. The molecule has 1 fully saturated rings. The monoisotopic (exact) mass is 207 g/mol. The first-order chi connectivity index (χ1) is 7.13. The maximum absolute atomic E-state index is 5.69. The third kappa shape index (κ3) is 2.10. The maximum Gasteiger partial charge on any atom is 0.106 e. The molecule has 1 aromatic heterocycles. The largest absolute Gasteiger partial charge is 0.466 e. The van der Waals surface area contributed by atoms with Crippen LogP contribution in [0.5, 0.6) is 0 Å². The SMILES string of the molecule is CNC(CC1CC1)c1c(C)oc(C)c1C. The van der Waals surface area contributed by atoms with E-state index in [0.29, 0.717) is 6.04 Å². The highest BCUT2D eigenvalue weighted by molar-refractivity contribution is 5.34. The molecule has 15 heavy (non-hydrogen) atoms. The first-order valence-electron chi connectivity index (χ1n) is 5.87. The molecule has 1 aliphatic carbocycles. The molecule has 0 amide bonds. The Morgan fingerprint density at radius 2 is 1.93 bits per heavy atom. The third-order valence-corrected chi connectivity index (χ3v) is 3.58. The van der Waals surface area contributed by atoms with Crippen LogP contribution < -0.4 is 5.32 Å². The minimum absolute atomic E-state index is 0.481. The number of rotatable bonds is 4.